The van der Waals surface area contributed by atoms with Crippen molar-refractivity contribution >= 4 is 0 Å². The first-order valence-corrected chi connectivity index (χ1v) is 6.01. The summed E-state index contributed by atoms with van der Waals surface area (Å²) >= 11 is 0. The zero-order chi connectivity index (χ0) is 11.7. The molecule has 0 unspecified atom stereocenters. The van der Waals surface area contributed by atoms with E-state index in [1.54, 1.807) is 6.26 Å². The van der Waals surface area contributed by atoms with Gasteiger partial charge in [-0.05, 0) is 37.1 Å². The molecule has 0 aliphatic carbocycles. The summed E-state index contributed by atoms with van der Waals surface area (Å²) in [6.07, 6.45) is 3.62. The minimum atomic E-state index is 0.703. The highest BCUT2D eigenvalue weighted by molar-refractivity contribution is 5.48. The van der Waals surface area contributed by atoms with Crippen molar-refractivity contribution in [2.24, 2.45) is 0 Å². The lowest BCUT2D eigenvalue weighted by molar-refractivity contribution is 0.571. The smallest absolute Gasteiger partial charge is 0.196 e. The number of hydrogen-bond donors (Lipinski definition) is 1. The lowest BCUT2D eigenvalue weighted by atomic mass is 10.0. The molecule has 0 saturated heterocycles. The number of aromatic nitrogens is 2. The zero-order valence-corrected chi connectivity index (χ0v) is 9.86. The quantitative estimate of drug-likeness (QED) is 0.855. The first-order valence-electron chi connectivity index (χ1n) is 6.01. The predicted octanol–water partition coefficient (Wildman–Crippen LogP) is 1.94. The maximum Gasteiger partial charge on any atom is 0.196 e. The summed E-state index contributed by atoms with van der Waals surface area (Å²) in [6, 6.07) is 3.76. The van der Waals surface area contributed by atoms with Crippen LogP contribution in [0.5, 0.6) is 0 Å². The summed E-state index contributed by atoms with van der Waals surface area (Å²) < 4.78 is 5.36. The van der Waals surface area contributed by atoms with Crippen LogP contribution in [-0.2, 0) is 19.4 Å². The summed E-state index contributed by atoms with van der Waals surface area (Å²) in [5.74, 6) is 1.45. The Balaban J connectivity index is 2.12. The normalized spacial score (nSPS) is 14.6. The molecular formula is C13H15N3O. The second-order valence-corrected chi connectivity index (χ2v) is 4.18. The lowest BCUT2D eigenvalue weighted by Crippen LogP contribution is -2.26. The van der Waals surface area contributed by atoms with Crippen molar-refractivity contribution in [3.63, 3.8) is 0 Å². The number of aryl methyl sites for hydroxylation is 1. The Bertz CT molecular complexity index is 502. The molecule has 4 nitrogen and oxygen atoms in total. The van der Waals surface area contributed by atoms with Crippen molar-refractivity contribution in [3.05, 3.63) is 35.3 Å². The van der Waals surface area contributed by atoms with Crippen LogP contribution >= 0.6 is 0 Å². The second kappa shape index (κ2) is 4.30. The Morgan fingerprint density at radius 2 is 2.35 bits per heavy atom. The molecule has 0 saturated carbocycles. The van der Waals surface area contributed by atoms with E-state index >= 15 is 0 Å². The van der Waals surface area contributed by atoms with Crippen LogP contribution in [0.2, 0.25) is 0 Å². The molecule has 0 bridgehead atoms. The summed E-state index contributed by atoms with van der Waals surface area (Å²) in [5.41, 5.74) is 3.60. The van der Waals surface area contributed by atoms with E-state index in [2.05, 4.69) is 22.2 Å². The molecule has 4 heteroatoms. The van der Waals surface area contributed by atoms with Crippen LogP contribution in [-0.4, -0.2) is 16.5 Å². The highest BCUT2D eigenvalue weighted by Crippen LogP contribution is 2.22. The van der Waals surface area contributed by atoms with Crippen LogP contribution in [0.3, 0.4) is 0 Å². The van der Waals surface area contributed by atoms with Crippen molar-refractivity contribution in [3.8, 4) is 11.6 Å². The van der Waals surface area contributed by atoms with Gasteiger partial charge < -0.3 is 9.73 Å². The van der Waals surface area contributed by atoms with Crippen LogP contribution in [0.4, 0.5) is 0 Å². The third-order valence-electron chi connectivity index (χ3n) is 3.10. The Morgan fingerprint density at radius 1 is 1.41 bits per heavy atom. The van der Waals surface area contributed by atoms with Crippen molar-refractivity contribution in [2.45, 2.75) is 26.3 Å². The van der Waals surface area contributed by atoms with Gasteiger partial charge in [0.15, 0.2) is 11.6 Å². The van der Waals surface area contributed by atoms with Gasteiger partial charge in [-0.1, -0.05) is 6.92 Å². The molecule has 0 aromatic carbocycles. The SMILES string of the molecule is CCc1nc(-c2ccco2)nc2c1CCNC2. The fourth-order valence-corrected chi connectivity index (χ4v) is 2.25. The maximum absolute atomic E-state index is 5.36. The Hall–Kier alpha value is -1.68. The van der Waals surface area contributed by atoms with E-state index in [4.69, 9.17) is 4.42 Å². The minimum Gasteiger partial charge on any atom is -0.461 e. The number of fused-ring (bicyclic) bond motifs is 1. The number of furan rings is 1. The summed E-state index contributed by atoms with van der Waals surface area (Å²) in [6.45, 7) is 3.98. The third kappa shape index (κ3) is 1.85. The van der Waals surface area contributed by atoms with Gasteiger partial charge in [0.1, 0.15) is 0 Å². The fourth-order valence-electron chi connectivity index (χ4n) is 2.25. The summed E-state index contributed by atoms with van der Waals surface area (Å²) in [7, 11) is 0. The van der Waals surface area contributed by atoms with E-state index in [1.807, 2.05) is 12.1 Å². The van der Waals surface area contributed by atoms with Crippen molar-refractivity contribution < 1.29 is 4.42 Å². The summed E-state index contributed by atoms with van der Waals surface area (Å²) in [4.78, 5) is 9.21. The van der Waals surface area contributed by atoms with Crippen LogP contribution in [0, 0.1) is 0 Å². The molecule has 1 aliphatic heterocycles. The molecule has 3 heterocycles. The molecular weight excluding hydrogens is 214 g/mol. The van der Waals surface area contributed by atoms with E-state index in [0.717, 1.165) is 43.1 Å². The van der Waals surface area contributed by atoms with Gasteiger partial charge >= 0.3 is 0 Å². The fraction of sp³-hybridized carbons (Fsp3) is 0.385. The van der Waals surface area contributed by atoms with Gasteiger partial charge in [0, 0.05) is 12.2 Å². The molecule has 1 aliphatic rings. The van der Waals surface area contributed by atoms with Gasteiger partial charge in [-0.25, -0.2) is 9.97 Å². The van der Waals surface area contributed by atoms with Gasteiger partial charge in [0.05, 0.1) is 12.0 Å². The molecule has 0 amide bonds. The van der Waals surface area contributed by atoms with Crippen LogP contribution in [0.15, 0.2) is 22.8 Å². The molecule has 88 valence electrons. The average Bonchev–Trinajstić information content (AvgIpc) is 2.91. The molecule has 17 heavy (non-hydrogen) atoms. The molecule has 3 rings (SSSR count). The Kier molecular flexibility index (Phi) is 2.65. The van der Waals surface area contributed by atoms with Gasteiger partial charge in [-0.3, -0.25) is 0 Å². The van der Waals surface area contributed by atoms with Gasteiger partial charge in [-0.2, -0.15) is 0 Å². The number of hydrogen-bond acceptors (Lipinski definition) is 4. The van der Waals surface area contributed by atoms with Crippen molar-refractivity contribution in [1.29, 1.82) is 0 Å². The molecule has 2 aromatic rings. The highest BCUT2D eigenvalue weighted by Gasteiger charge is 2.17. The van der Waals surface area contributed by atoms with Crippen LogP contribution in [0.25, 0.3) is 11.6 Å². The molecule has 2 aromatic heterocycles. The standard InChI is InChI=1S/C13H15N3O/c1-2-10-9-5-6-14-8-11(9)16-13(15-10)12-4-3-7-17-12/h3-4,7,14H,2,5-6,8H2,1H3. The topological polar surface area (TPSA) is 51.0 Å². The molecule has 1 N–H and O–H groups in total. The first kappa shape index (κ1) is 10.5. The summed E-state index contributed by atoms with van der Waals surface area (Å²) in [5, 5.41) is 3.34. The van der Waals surface area contributed by atoms with Gasteiger partial charge in [0.2, 0.25) is 0 Å². The molecule has 0 fully saturated rings. The zero-order valence-electron chi connectivity index (χ0n) is 9.86. The lowest BCUT2D eigenvalue weighted by Gasteiger charge is -2.19. The molecule has 0 spiro atoms. The molecule has 0 atom stereocenters. The van der Waals surface area contributed by atoms with Crippen LogP contribution < -0.4 is 5.32 Å². The number of rotatable bonds is 2. The van der Waals surface area contributed by atoms with Gasteiger partial charge in [-0.15, -0.1) is 0 Å². The van der Waals surface area contributed by atoms with E-state index in [0.29, 0.717) is 5.82 Å². The van der Waals surface area contributed by atoms with E-state index in [1.165, 1.54) is 5.56 Å². The van der Waals surface area contributed by atoms with Crippen LogP contribution in [0.1, 0.15) is 23.9 Å². The van der Waals surface area contributed by atoms with E-state index < -0.39 is 0 Å². The predicted molar refractivity (Wildman–Crippen MR) is 64.5 cm³/mol. The van der Waals surface area contributed by atoms with E-state index in [9.17, 15) is 0 Å². The average molecular weight is 229 g/mol. The highest BCUT2D eigenvalue weighted by atomic mass is 16.3. The Morgan fingerprint density at radius 3 is 3.12 bits per heavy atom. The third-order valence-corrected chi connectivity index (χ3v) is 3.10. The largest absolute Gasteiger partial charge is 0.461 e. The minimum absolute atomic E-state index is 0.703. The second-order valence-electron chi connectivity index (χ2n) is 4.18. The number of nitrogens with zero attached hydrogens (tertiary/aromatic N) is 2. The number of nitrogens with one attached hydrogen (secondary N) is 1. The molecule has 0 radical (unpaired) electrons. The Labute approximate surface area is 100 Å². The monoisotopic (exact) mass is 229 g/mol. The van der Waals surface area contributed by atoms with Crippen molar-refractivity contribution in [1.82, 2.24) is 15.3 Å². The maximum atomic E-state index is 5.36. The van der Waals surface area contributed by atoms with Crippen molar-refractivity contribution in [2.75, 3.05) is 6.54 Å². The van der Waals surface area contributed by atoms with Gasteiger partial charge in [0.25, 0.3) is 0 Å². The van der Waals surface area contributed by atoms with E-state index in [-0.39, 0.29) is 0 Å². The first-order chi connectivity index (χ1) is 8.38.